The van der Waals surface area contributed by atoms with Gasteiger partial charge in [0.25, 0.3) is 5.91 Å². The van der Waals surface area contributed by atoms with Crippen LogP contribution in [0.15, 0.2) is 51.8 Å². The Balaban J connectivity index is 2.06. The first kappa shape index (κ1) is 14.5. The van der Waals surface area contributed by atoms with E-state index in [0.29, 0.717) is 16.3 Å². The normalized spacial score (nSPS) is 11.0. The lowest BCUT2D eigenvalue weighted by atomic mass is 10.3. The molecule has 8 heteroatoms. The smallest absolute Gasteiger partial charge is 0.265 e. The van der Waals surface area contributed by atoms with Crippen molar-refractivity contribution in [2.45, 2.75) is 0 Å². The molecule has 0 radical (unpaired) electrons. The van der Waals surface area contributed by atoms with Crippen molar-refractivity contribution >= 4 is 40.5 Å². The average molecular weight is 302 g/mol. The number of nitrogens with zero attached hydrogens (tertiary/aromatic N) is 2. The Morgan fingerprint density at radius 2 is 1.81 bits per heavy atom. The van der Waals surface area contributed by atoms with E-state index in [1.54, 1.807) is 30.3 Å². The summed E-state index contributed by atoms with van der Waals surface area (Å²) in [4.78, 5) is 20.1. The Labute approximate surface area is 125 Å². The van der Waals surface area contributed by atoms with Crippen LogP contribution in [0.4, 0.5) is 11.4 Å². The van der Waals surface area contributed by atoms with Crippen LogP contribution in [0, 0.1) is 0 Å². The lowest BCUT2D eigenvalue weighted by Gasteiger charge is -2.03. The topological polar surface area (TPSA) is 132 Å². The van der Waals surface area contributed by atoms with Crippen LogP contribution >= 0.6 is 11.3 Å². The maximum Gasteiger partial charge on any atom is 0.265 e. The molecule has 0 saturated heterocycles. The quantitative estimate of drug-likeness (QED) is 0.501. The number of hydrogen-bond donors (Lipinski definition) is 4. The number of rotatable bonds is 3. The van der Waals surface area contributed by atoms with E-state index in [4.69, 9.17) is 17.2 Å². The zero-order valence-electron chi connectivity index (χ0n) is 11.0. The first-order valence-corrected chi connectivity index (χ1v) is 6.81. The molecule has 2 aromatic rings. The fourth-order valence-corrected chi connectivity index (χ4v) is 2.13. The molecule has 0 fully saturated rings. The SMILES string of the molecule is NC(N)=NC(N)=Nc1ccc(NC(=O)c2cccs2)cc1. The number of amides is 1. The van der Waals surface area contributed by atoms with Gasteiger partial charge in [0.05, 0.1) is 10.6 Å². The number of benzene rings is 1. The van der Waals surface area contributed by atoms with Crippen LogP contribution < -0.4 is 22.5 Å². The highest BCUT2D eigenvalue weighted by Crippen LogP contribution is 2.18. The zero-order chi connectivity index (χ0) is 15.2. The number of anilines is 1. The highest BCUT2D eigenvalue weighted by Gasteiger charge is 2.06. The summed E-state index contributed by atoms with van der Waals surface area (Å²) in [5.74, 6) is -0.345. The van der Waals surface area contributed by atoms with Gasteiger partial charge in [-0.1, -0.05) is 6.07 Å². The Morgan fingerprint density at radius 1 is 1.10 bits per heavy atom. The van der Waals surface area contributed by atoms with Crippen LogP contribution in [0.3, 0.4) is 0 Å². The minimum Gasteiger partial charge on any atom is -0.370 e. The van der Waals surface area contributed by atoms with Crippen LogP contribution in [0.2, 0.25) is 0 Å². The van der Waals surface area contributed by atoms with E-state index in [0.717, 1.165) is 0 Å². The molecule has 1 heterocycles. The molecule has 7 nitrogen and oxygen atoms in total. The molecule has 0 aliphatic heterocycles. The van der Waals surface area contributed by atoms with Crippen LogP contribution in [-0.4, -0.2) is 17.8 Å². The van der Waals surface area contributed by atoms with E-state index in [1.807, 2.05) is 11.4 Å². The van der Waals surface area contributed by atoms with Gasteiger partial charge >= 0.3 is 0 Å². The predicted octanol–water partition coefficient (Wildman–Crippen LogP) is 1.22. The van der Waals surface area contributed by atoms with Gasteiger partial charge < -0.3 is 22.5 Å². The molecular formula is C13H14N6OS. The van der Waals surface area contributed by atoms with Crippen LogP contribution in [0.1, 0.15) is 9.67 Å². The van der Waals surface area contributed by atoms with E-state index in [9.17, 15) is 4.79 Å². The van der Waals surface area contributed by atoms with E-state index in [1.165, 1.54) is 11.3 Å². The molecule has 0 spiro atoms. The van der Waals surface area contributed by atoms with Crippen LogP contribution in [-0.2, 0) is 0 Å². The molecule has 0 unspecified atom stereocenters. The van der Waals surface area contributed by atoms with Crippen molar-refractivity contribution in [3.05, 3.63) is 46.7 Å². The Morgan fingerprint density at radius 3 is 2.38 bits per heavy atom. The minimum absolute atomic E-state index is 0.0367. The molecule has 7 N–H and O–H groups in total. The number of carbonyl (C=O) groups is 1. The summed E-state index contributed by atoms with van der Waals surface area (Å²) >= 11 is 1.38. The van der Waals surface area contributed by atoms with Crippen molar-refractivity contribution in [2.24, 2.45) is 27.2 Å². The number of carbonyl (C=O) groups excluding carboxylic acids is 1. The molecule has 1 aromatic carbocycles. The monoisotopic (exact) mass is 302 g/mol. The second-order valence-corrected chi connectivity index (χ2v) is 4.93. The van der Waals surface area contributed by atoms with Gasteiger partial charge in [0, 0.05) is 5.69 Å². The largest absolute Gasteiger partial charge is 0.370 e. The fraction of sp³-hybridized carbons (Fsp3) is 0. The lowest BCUT2D eigenvalue weighted by Crippen LogP contribution is -2.26. The van der Waals surface area contributed by atoms with Gasteiger partial charge in [0.1, 0.15) is 0 Å². The Bertz CT molecular complexity index is 671. The number of aliphatic imine (C=N–C) groups is 2. The summed E-state index contributed by atoms with van der Waals surface area (Å²) in [7, 11) is 0. The molecule has 1 aromatic heterocycles. The van der Waals surface area contributed by atoms with Gasteiger partial charge in [-0.2, -0.15) is 4.99 Å². The number of nitrogens with one attached hydrogen (secondary N) is 1. The molecule has 108 valence electrons. The lowest BCUT2D eigenvalue weighted by molar-refractivity contribution is 0.103. The van der Waals surface area contributed by atoms with Crippen molar-refractivity contribution in [1.29, 1.82) is 0 Å². The molecule has 0 atom stereocenters. The molecule has 0 bridgehead atoms. The van der Waals surface area contributed by atoms with Crippen molar-refractivity contribution in [3.63, 3.8) is 0 Å². The first-order chi connectivity index (χ1) is 10.0. The molecule has 2 rings (SSSR count). The van der Waals surface area contributed by atoms with Crippen LogP contribution in [0.5, 0.6) is 0 Å². The standard InChI is InChI=1S/C13H14N6OS/c14-12(15)19-13(16)18-9-5-3-8(4-6-9)17-11(20)10-2-1-7-21-10/h1-7H,(H,17,20)(H6,14,15,16,18,19). The van der Waals surface area contributed by atoms with E-state index in [2.05, 4.69) is 15.3 Å². The molecule has 0 saturated carbocycles. The number of thiophene rings is 1. The predicted molar refractivity (Wildman–Crippen MR) is 85.8 cm³/mol. The van der Waals surface area contributed by atoms with Crippen molar-refractivity contribution in [1.82, 2.24) is 0 Å². The third-order valence-corrected chi connectivity index (χ3v) is 3.23. The number of nitrogens with two attached hydrogens (primary N) is 3. The molecular weight excluding hydrogens is 288 g/mol. The second-order valence-electron chi connectivity index (χ2n) is 3.98. The average Bonchev–Trinajstić information content (AvgIpc) is 2.94. The van der Waals surface area contributed by atoms with Crippen LogP contribution in [0.25, 0.3) is 0 Å². The van der Waals surface area contributed by atoms with Gasteiger partial charge in [-0.05, 0) is 35.7 Å². The van der Waals surface area contributed by atoms with Crippen molar-refractivity contribution in [3.8, 4) is 0 Å². The van der Waals surface area contributed by atoms with Gasteiger partial charge in [0.15, 0.2) is 5.96 Å². The van der Waals surface area contributed by atoms with Crippen molar-refractivity contribution in [2.75, 3.05) is 5.32 Å². The third kappa shape index (κ3) is 4.32. The third-order valence-electron chi connectivity index (χ3n) is 2.36. The zero-order valence-corrected chi connectivity index (χ0v) is 11.8. The summed E-state index contributed by atoms with van der Waals surface area (Å²) in [6.45, 7) is 0. The summed E-state index contributed by atoms with van der Waals surface area (Å²) in [6, 6.07) is 10.4. The van der Waals surface area contributed by atoms with E-state index >= 15 is 0 Å². The molecule has 0 aliphatic rings. The number of guanidine groups is 2. The first-order valence-electron chi connectivity index (χ1n) is 5.93. The second kappa shape index (κ2) is 6.53. The van der Waals surface area contributed by atoms with Crippen molar-refractivity contribution < 1.29 is 4.79 Å². The summed E-state index contributed by atoms with van der Waals surface area (Å²) in [6.07, 6.45) is 0. The van der Waals surface area contributed by atoms with Gasteiger partial charge in [0.2, 0.25) is 5.96 Å². The van der Waals surface area contributed by atoms with E-state index < -0.39 is 0 Å². The van der Waals surface area contributed by atoms with Gasteiger partial charge in [-0.3, -0.25) is 4.79 Å². The highest BCUT2D eigenvalue weighted by molar-refractivity contribution is 7.12. The number of hydrogen-bond acceptors (Lipinski definition) is 3. The Kier molecular flexibility index (Phi) is 4.52. The Hall–Kier alpha value is -2.87. The maximum atomic E-state index is 11.9. The van der Waals surface area contributed by atoms with E-state index in [-0.39, 0.29) is 17.8 Å². The summed E-state index contributed by atoms with van der Waals surface area (Å²) in [5.41, 5.74) is 17.1. The fourth-order valence-electron chi connectivity index (χ4n) is 1.51. The summed E-state index contributed by atoms with van der Waals surface area (Å²) < 4.78 is 0. The maximum absolute atomic E-state index is 11.9. The molecule has 0 aliphatic carbocycles. The molecule has 21 heavy (non-hydrogen) atoms. The minimum atomic E-state index is -0.156. The van der Waals surface area contributed by atoms with Gasteiger partial charge in [-0.25, -0.2) is 4.99 Å². The van der Waals surface area contributed by atoms with Gasteiger partial charge in [-0.15, -0.1) is 11.3 Å². The highest BCUT2D eigenvalue weighted by atomic mass is 32.1. The molecule has 1 amide bonds. The summed E-state index contributed by atoms with van der Waals surface area (Å²) in [5, 5.41) is 4.63.